The normalized spacial score (nSPS) is 19.7. The Kier molecular flexibility index (Phi) is 3.89. The summed E-state index contributed by atoms with van der Waals surface area (Å²) < 4.78 is 4.50. The summed E-state index contributed by atoms with van der Waals surface area (Å²) in [6.07, 6.45) is 4.14. The van der Waals surface area contributed by atoms with E-state index in [2.05, 4.69) is 32.4 Å². The predicted octanol–water partition coefficient (Wildman–Crippen LogP) is 2.85. The van der Waals surface area contributed by atoms with E-state index in [1.807, 2.05) is 6.08 Å². The first-order valence-corrected chi connectivity index (χ1v) is 5.77. The highest BCUT2D eigenvalue weighted by Crippen LogP contribution is 2.30. The van der Waals surface area contributed by atoms with E-state index in [4.69, 9.17) is 0 Å². The Labute approximate surface area is 96.9 Å². The molecule has 0 radical (unpaired) electrons. The molecule has 0 aliphatic carbocycles. The maximum atomic E-state index is 11.3. The van der Waals surface area contributed by atoms with Gasteiger partial charge in [-0.2, -0.15) is 0 Å². The van der Waals surface area contributed by atoms with Crippen molar-refractivity contribution in [2.24, 2.45) is 11.3 Å². The summed E-state index contributed by atoms with van der Waals surface area (Å²) in [5, 5.41) is 0. The molecule has 3 heteroatoms. The molecule has 90 valence electrons. The van der Waals surface area contributed by atoms with Crippen LogP contribution in [0.5, 0.6) is 0 Å². The van der Waals surface area contributed by atoms with E-state index < -0.39 is 11.9 Å². The third kappa shape index (κ3) is 3.80. The van der Waals surface area contributed by atoms with Gasteiger partial charge in [0.2, 0.25) is 0 Å². The van der Waals surface area contributed by atoms with Crippen molar-refractivity contribution < 1.29 is 14.3 Å². The molecule has 0 N–H and O–H groups in total. The number of ether oxygens (including phenoxy) is 1. The van der Waals surface area contributed by atoms with Crippen molar-refractivity contribution in [3.8, 4) is 0 Å². The molecular weight excluding hydrogens is 204 g/mol. The summed E-state index contributed by atoms with van der Waals surface area (Å²) in [7, 11) is 0. The Morgan fingerprint density at radius 2 is 2.00 bits per heavy atom. The molecule has 0 saturated carbocycles. The van der Waals surface area contributed by atoms with Gasteiger partial charge in [0.25, 0.3) is 0 Å². The lowest BCUT2D eigenvalue weighted by molar-refractivity contribution is -0.151. The van der Waals surface area contributed by atoms with Gasteiger partial charge in [0.15, 0.2) is 0 Å². The minimum Gasteiger partial charge on any atom is -0.389 e. The van der Waals surface area contributed by atoms with Crippen LogP contribution in [0.25, 0.3) is 0 Å². The lowest BCUT2D eigenvalue weighted by Crippen LogP contribution is -2.11. The van der Waals surface area contributed by atoms with Crippen molar-refractivity contribution in [2.75, 3.05) is 0 Å². The fourth-order valence-electron chi connectivity index (χ4n) is 1.75. The molecule has 1 aliphatic rings. The van der Waals surface area contributed by atoms with E-state index in [1.54, 1.807) is 0 Å². The number of carbonyl (C=O) groups excluding carboxylic acids is 2. The molecule has 0 aromatic heterocycles. The van der Waals surface area contributed by atoms with Crippen molar-refractivity contribution in [3.63, 3.8) is 0 Å². The number of hydrogen-bond acceptors (Lipinski definition) is 3. The quantitative estimate of drug-likeness (QED) is 0.419. The summed E-state index contributed by atoms with van der Waals surface area (Å²) in [4.78, 5) is 22.2. The molecule has 1 fully saturated rings. The fourth-order valence-corrected chi connectivity index (χ4v) is 1.75. The predicted molar refractivity (Wildman–Crippen MR) is 61.7 cm³/mol. The van der Waals surface area contributed by atoms with Crippen LogP contribution in [0.1, 0.15) is 47.0 Å². The van der Waals surface area contributed by atoms with Gasteiger partial charge in [-0.25, -0.2) is 4.79 Å². The van der Waals surface area contributed by atoms with Crippen LogP contribution < -0.4 is 0 Å². The second kappa shape index (κ2) is 4.81. The average Bonchev–Trinajstić information content (AvgIpc) is 2.41. The molecule has 0 atom stereocenters. The molecule has 0 bridgehead atoms. The van der Waals surface area contributed by atoms with Crippen molar-refractivity contribution >= 4 is 11.9 Å². The van der Waals surface area contributed by atoms with Crippen LogP contribution >= 0.6 is 0 Å². The number of allylic oxidation sites excluding steroid dienone is 1. The van der Waals surface area contributed by atoms with Gasteiger partial charge in [-0.05, 0) is 17.8 Å². The molecule has 0 aromatic rings. The summed E-state index contributed by atoms with van der Waals surface area (Å²) in [5.74, 6) is -0.256. The van der Waals surface area contributed by atoms with E-state index in [0.29, 0.717) is 11.5 Å². The third-order valence-corrected chi connectivity index (χ3v) is 2.73. The van der Waals surface area contributed by atoms with Crippen LogP contribution in [0, 0.1) is 11.3 Å². The standard InChI is InChI=1S/C13H20O3/c1-9(2)5-6-13(3,4)8-10-7-11(14)16-12(10)15/h8-9H,5-7H2,1-4H3/b10-8+. The highest BCUT2D eigenvalue weighted by molar-refractivity contribution is 6.05. The monoisotopic (exact) mass is 224 g/mol. The molecule has 0 unspecified atom stereocenters. The van der Waals surface area contributed by atoms with Crippen LogP contribution in [0.15, 0.2) is 11.6 Å². The van der Waals surface area contributed by atoms with Crippen LogP contribution in [0.2, 0.25) is 0 Å². The Morgan fingerprint density at radius 1 is 1.38 bits per heavy atom. The van der Waals surface area contributed by atoms with Gasteiger partial charge in [0.1, 0.15) is 0 Å². The van der Waals surface area contributed by atoms with Gasteiger partial charge < -0.3 is 4.74 Å². The zero-order valence-corrected chi connectivity index (χ0v) is 10.5. The Bertz CT molecular complexity index is 324. The van der Waals surface area contributed by atoms with Crippen molar-refractivity contribution in [3.05, 3.63) is 11.6 Å². The van der Waals surface area contributed by atoms with Crippen molar-refractivity contribution in [2.45, 2.75) is 47.0 Å². The number of carbonyl (C=O) groups is 2. The Hall–Kier alpha value is -1.12. The summed E-state index contributed by atoms with van der Waals surface area (Å²) in [6, 6.07) is 0. The maximum Gasteiger partial charge on any atom is 0.341 e. The summed E-state index contributed by atoms with van der Waals surface area (Å²) >= 11 is 0. The highest BCUT2D eigenvalue weighted by atomic mass is 16.6. The van der Waals surface area contributed by atoms with Crippen molar-refractivity contribution in [1.29, 1.82) is 0 Å². The lowest BCUT2D eigenvalue weighted by Gasteiger charge is -2.21. The number of rotatable bonds is 4. The minimum absolute atomic E-state index is 0.0523. The average molecular weight is 224 g/mol. The van der Waals surface area contributed by atoms with Crippen LogP contribution in [0.4, 0.5) is 0 Å². The van der Waals surface area contributed by atoms with Crippen molar-refractivity contribution in [1.82, 2.24) is 0 Å². The molecule has 1 rings (SSSR count). The van der Waals surface area contributed by atoms with Gasteiger partial charge in [0, 0.05) is 5.57 Å². The molecule has 0 amide bonds. The molecule has 16 heavy (non-hydrogen) atoms. The van der Waals surface area contributed by atoms with Crippen LogP contribution in [-0.2, 0) is 14.3 Å². The topological polar surface area (TPSA) is 43.4 Å². The molecule has 1 heterocycles. The summed E-state index contributed by atoms with van der Waals surface area (Å²) in [6.45, 7) is 8.52. The first-order valence-electron chi connectivity index (χ1n) is 5.77. The minimum atomic E-state index is -0.470. The second-order valence-corrected chi connectivity index (χ2v) is 5.53. The van der Waals surface area contributed by atoms with Gasteiger partial charge in [-0.1, -0.05) is 40.2 Å². The van der Waals surface area contributed by atoms with Gasteiger partial charge in [-0.3, -0.25) is 4.79 Å². The molecule has 0 spiro atoms. The molecular formula is C13H20O3. The fraction of sp³-hybridized carbons (Fsp3) is 0.692. The SMILES string of the molecule is CC(C)CCC(C)(C)/C=C1\CC(=O)OC1=O. The Balaban J connectivity index is 2.66. The van der Waals surface area contributed by atoms with Gasteiger partial charge in [-0.15, -0.1) is 0 Å². The van der Waals surface area contributed by atoms with Crippen LogP contribution in [-0.4, -0.2) is 11.9 Å². The zero-order valence-electron chi connectivity index (χ0n) is 10.5. The van der Waals surface area contributed by atoms with Crippen LogP contribution in [0.3, 0.4) is 0 Å². The molecule has 3 nitrogen and oxygen atoms in total. The smallest absolute Gasteiger partial charge is 0.341 e. The summed E-state index contributed by atoms with van der Waals surface area (Å²) in [5.41, 5.74) is 0.460. The zero-order chi connectivity index (χ0) is 12.3. The van der Waals surface area contributed by atoms with E-state index in [1.165, 1.54) is 0 Å². The van der Waals surface area contributed by atoms with Gasteiger partial charge >= 0.3 is 11.9 Å². The van der Waals surface area contributed by atoms with E-state index >= 15 is 0 Å². The first-order chi connectivity index (χ1) is 7.30. The molecule has 1 aliphatic heterocycles. The van der Waals surface area contributed by atoms with Gasteiger partial charge in [0.05, 0.1) is 6.42 Å². The van der Waals surface area contributed by atoms with E-state index in [9.17, 15) is 9.59 Å². The Morgan fingerprint density at radius 3 is 2.44 bits per heavy atom. The first kappa shape index (κ1) is 12.9. The third-order valence-electron chi connectivity index (χ3n) is 2.73. The largest absolute Gasteiger partial charge is 0.389 e. The molecule has 1 saturated heterocycles. The van der Waals surface area contributed by atoms with E-state index in [0.717, 1.165) is 12.8 Å². The number of hydrogen-bond donors (Lipinski definition) is 0. The second-order valence-electron chi connectivity index (χ2n) is 5.53. The highest BCUT2D eigenvalue weighted by Gasteiger charge is 2.29. The maximum absolute atomic E-state index is 11.3. The number of cyclic esters (lactones) is 2. The number of esters is 2. The molecule has 0 aromatic carbocycles. The van der Waals surface area contributed by atoms with E-state index in [-0.39, 0.29) is 11.8 Å². The lowest BCUT2D eigenvalue weighted by atomic mass is 9.83.